The lowest BCUT2D eigenvalue weighted by atomic mass is 10.6. The van der Waals surface area contributed by atoms with Gasteiger partial charge < -0.3 is 5.32 Å². The second kappa shape index (κ2) is 5.70. The maximum atomic E-state index is 11.3. The summed E-state index contributed by atoms with van der Waals surface area (Å²) >= 11 is 1.64. The van der Waals surface area contributed by atoms with Gasteiger partial charge in [0, 0.05) is 19.3 Å². The van der Waals surface area contributed by atoms with Crippen LogP contribution in [-0.2, 0) is 11.8 Å². The van der Waals surface area contributed by atoms with Crippen molar-refractivity contribution in [1.29, 1.82) is 0 Å². The number of aromatic nitrogens is 2. The van der Waals surface area contributed by atoms with Gasteiger partial charge in [-0.15, -0.1) is 0 Å². The Morgan fingerprint density at radius 1 is 1.71 bits per heavy atom. The first-order chi connectivity index (χ1) is 6.72. The number of nitrogens with zero attached hydrogens (tertiary/aromatic N) is 2. The Labute approximate surface area is 88.1 Å². The smallest absolute Gasteiger partial charge is 0.235 e. The zero-order valence-corrected chi connectivity index (χ0v) is 9.30. The Kier molecular flexibility index (Phi) is 4.52. The van der Waals surface area contributed by atoms with Crippen molar-refractivity contribution in [1.82, 2.24) is 9.78 Å². The van der Waals surface area contributed by atoms with Gasteiger partial charge in [-0.2, -0.15) is 16.9 Å². The Hall–Kier alpha value is -0.970. The van der Waals surface area contributed by atoms with E-state index in [4.69, 9.17) is 0 Å². The molecule has 0 spiro atoms. The van der Waals surface area contributed by atoms with Gasteiger partial charge in [-0.25, -0.2) is 0 Å². The van der Waals surface area contributed by atoms with E-state index in [2.05, 4.69) is 17.3 Å². The molecule has 0 radical (unpaired) electrons. The third-order valence-electron chi connectivity index (χ3n) is 1.56. The van der Waals surface area contributed by atoms with Crippen molar-refractivity contribution in [3.05, 3.63) is 12.3 Å². The molecule has 0 aliphatic rings. The molecule has 0 fully saturated rings. The van der Waals surface area contributed by atoms with Crippen LogP contribution in [0.3, 0.4) is 0 Å². The number of carbonyl (C=O) groups excluding carboxylic acids is 1. The molecule has 0 unspecified atom stereocenters. The fourth-order valence-corrected chi connectivity index (χ4v) is 1.66. The minimum absolute atomic E-state index is 0.0159. The molecular weight excluding hydrogens is 198 g/mol. The number of aryl methyl sites for hydroxylation is 1. The largest absolute Gasteiger partial charge is 0.308 e. The molecule has 78 valence electrons. The number of hydrogen-bond donors (Lipinski definition) is 1. The molecule has 1 amide bonds. The summed E-state index contributed by atoms with van der Waals surface area (Å²) in [6.07, 6.45) is 2.90. The maximum Gasteiger partial charge on any atom is 0.235 e. The Morgan fingerprint density at radius 3 is 3.07 bits per heavy atom. The zero-order chi connectivity index (χ0) is 10.4. The molecule has 0 bridgehead atoms. The number of hydrogen-bond acceptors (Lipinski definition) is 3. The van der Waals surface area contributed by atoms with Crippen LogP contribution in [0, 0.1) is 0 Å². The van der Waals surface area contributed by atoms with Crippen LogP contribution in [0.4, 0.5) is 5.82 Å². The van der Waals surface area contributed by atoms with Gasteiger partial charge in [0.05, 0.1) is 5.75 Å². The second-order valence-electron chi connectivity index (χ2n) is 2.98. The van der Waals surface area contributed by atoms with Crippen LogP contribution in [0.2, 0.25) is 0 Å². The highest BCUT2D eigenvalue weighted by Crippen LogP contribution is 2.05. The monoisotopic (exact) mass is 213 g/mol. The molecule has 1 heterocycles. The second-order valence-corrected chi connectivity index (χ2v) is 4.08. The molecule has 1 aromatic rings. The lowest BCUT2D eigenvalue weighted by Gasteiger charge is -2.00. The van der Waals surface area contributed by atoms with Gasteiger partial charge in [0.2, 0.25) is 5.91 Å². The summed E-state index contributed by atoms with van der Waals surface area (Å²) in [4.78, 5) is 11.3. The Bertz CT molecular complexity index is 298. The number of thioether (sulfide) groups is 1. The van der Waals surface area contributed by atoms with E-state index in [9.17, 15) is 4.79 Å². The van der Waals surface area contributed by atoms with Gasteiger partial charge in [-0.3, -0.25) is 9.48 Å². The molecule has 0 aromatic carbocycles. The number of rotatable bonds is 5. The van der Waals surface area contributed by atoms with Gasteiger partial charge in [0.15, 0.2) is 5.82 Å². The molecule has 1 rings (SSSR count). The van der Waals surface area contributed by atoms with Crippen LogP contribution in [-0.4, -0.2) is 27.2 Å². The summed E-state index contributed by atoms with van der Waals surface area (Å²) in [7, 11) is 1.82. The van der Waals surface area contributed by atoms with E-state index in [0.717, 1.165) is 12.2 Å². The van der Waals surface area contributed by atoms with E-state index >= 15 is 0 Å². The predicted molar refractivity (Wildman–Crippen MR) is 59.5 cm³/mol. The van der Waals surface area contributed by atoms with E-state index in [1.54, 1.807) is 28.7 Å². The van der Waals surface area contributed by atoms with E-state index < -0.39 is 0 Å². The molecule has 4 nitrogen and oxygen atoms in total. The fraction of sp³-hybridized carbons (Fsp3) is 0.556. The normalized spacial score (nSPS) is 10.1. The molecule has 5 heteroatoms. The zero-order valence-electron chi connectivity index (χ0n) is 8.49. The number of anilines is 1. The van der Waals surface area contributed by atoms with Gasteiger partial charge in [-0.05, 0) is 12.2 Å². The molecule has 1 aromatic heterocycles. The van der Waals surface area contributed by atoms with Crippen molar-refractivity contribution in [3.63, 3.8) is 0 Å². The highest BCUT2D eigenvalue weighted by Gasteiger charge is 2.03. The summed E-state index contributed by atoms with van der Waals surface area (Å²) in [6, 6.07) is 1.78. The first kappa shape index (κ1) is 11.1. The third kappa shape index (κ3) is 3.83. The highest BCUT2D eigenvalue weighted by atomic mass is 32.2. The van der Waals surface area contributed by atoms with Gasteiger partial charge in [0.25, 0.3) is 0 Å². The minimum atomic E-state index is 0.0159. The molecule has 0 saturated carbocycles. The summed E-state index contributed by atoms with van der Waals surface area (Å²) in [6.45, 7) is 2.10. The summed E-state index contributed by atoms with van der Waals surface area (Å²) in [5, 5.41) is 6.78. The molecule has 0 atom stereocenters. The van der Waals surface area contributed by atoms with Crippen LogP contribution in [0.25, 0.3) is 0 Å². The van der Waals surface area contributed by atoms with Crippen molar-refractivity contribution in [3.8, 4) is 0 Å². The standard InChI is InChI=1S/C9H15N3OS/c1-3-6-14-7-9(13)10-8-4-5-12(2)11-8/h4-5H,3,6-7H2,1-2H3,(H,10,11,13). The summed E-state index contributed by atoms with van der Waals surface area (Å²) in [5.41, 5.74) is 0. The number of amides is 1. The van der Waals surface area contributed by atoms with Crippen LogP contribution in [0.15, 0.2) is 12.3 Å². The van der Waals surface area contributed by atoms with Gasteiger partial charge >= 0.3 is 0 Å². The average Bonchev–Trinajstić information content (AvgIpc) is 2.52. The highest BCUT2D eigenvalue weighted by molar-refractivity contribution is 7.99. The van der Waals surface area contributed by atoms with Crippen LogP contribution >= 0.6 is 11.8 Å². The SMILES string of the molecule is CCCSCC(=O)Nc1ccn(C)n1. The third-order valence-corrected chi connectivity index (χ3v) is 2.73. The van der Waals surface area contributed by atoms with Gasteiger partial charge in [0.1, 0.15) is 0 Å². The van der Waals surface area contributed by atoms with Crippen molar-refractivity contribution >= 4 is 23.5 Å². The van der Waals surface area contributed by atoms with Gasteiger partial charge in [-0.1, -0.05) is 6.92 Å². The van der Waals surface area contributed by atoms with Crippen LogP contribution < -0.4 is 5.32 Å². The van der Waals surface area contributed by atoms with Crippen molar-refractivity contribution < 1.29 is 4.79 Å². The van der Waals surface area contributed by atoms with Crippen molar-refractivity contribution in [2.24, 2.45) is 7.05 Å². The van der Waals surface area contributed by atoms with Crippen molar-refractivity contribution in [2.75, 3.05) is 16.8 Å². The lowest BCUT2D eigenvalue weighted by Crippen LogP contribution is -2.14. The van der Waals surface area contributed by atoms with E-state index in [1.165, 1.54) is 0 Å². The maximum absolute atomic E-state index is 11.3. The van der Waals surface area contributed by atoms with Crippen LogP contribution in [0.1, 0.15) is 13.3 Å². The average molecular weight is 213 g/mol. The van der Waals surface area contributed by atoms with E-state index in [-0.39, 0.29) is 5.91 Å². The number of carbonyl (C=O) groups is 1. The summed E-state index contributed by atoms with van der Waals surface area (Å²) < 4.78 is 1.66. The molecule has 1 N–H and O–H groups in total. The van der Waals surface area contributed by atoms with E-state index in [0.29, 0.717) is 11.6 Å². The first-order valence-corrected chi connectivity index (χ1v) is 5.75. The minimum Gasteiger partial charge on any atom is -0.308 e. The Morgan fingerprint density at radius 2 is 2.50 bits per heavy atom. The summed E-state index contributed by atoms with van der Waals surface area (Å²) in [5.74, 6) is 2.16. The number of nitrogens with one attached hydrogen (secondary N) is 1. The topological polar surface area (TPSA) is 46.9 Å². The lowest BCUT2D eigenvalue weighted by molar-refractivity contribution is -0.113. The molecule has 0 aliphatic heterocycles. The molecule has 0 saturated heterocycles. The Balaban J connectivity index is 2.27. The molecular formula is C9H15N3OS. The predicted octanol–water partition coefficient (Wildman–Crippen LogP) is 1.50. The fourth-order valence-electron chi connectivity index (χ4n) is 0.970. The van der Waals surface area contributed by atoms with Crippen molar-refractivity contribution in [2.45, 2.75) is 13.3 Å². The molecule has 0 aliphatic carbocycles. The van der Waals surface area contributed by atoms with E-state index in [1.807, 2.05) is 7.05 Å². The van der Waals surface area contributed by atoms with Crippen LogP contribution in [0.5, 0.6) is 0 Å². The first-order valence-electron chi connectivity index (χ1n) is 4.59. The quantitative estimate of drug-likeness (QED) is 0.754. The molecule has 14 heavy (non-hydrogen) atoms.